The molecule has 0 radical (unpaired) electrons. The van der Waals surface area contributed by atoms with Crippen molar-refractivity contribution in [2.75, 3.05) is 6.26 Å². The Bertz CT molecular complexity index is 809. The van der Waals surface area contributed by atoms with Gasteiger partial charge in [0.25, 0.3) is 5.56 Å². The van der Waals surface area contributed by atoms with Crippen molar-refractivity contribution in [1.82, 2.24) is 18.3 Å². The molecule has 0 amide bonds. The summed E-state index contributed by atoms with van der Waals surface area (Å²) in [6.07, 6.45) is 1.90. The monoisotopic (exact) mass is 290 g/mol. The van der Waals surface area contributed by atoms with Crippen LogP contribution in [-0.2, 0) is 7.05 Å². The summed E-state index contributed by atoms with van der Waals surface area (Å²) in [5.74, 6) is 0. The molecule has 3 rings (SSSR count). The van der Waals surface area contributed by atoms with Gasteiger partial charge in [-0.3, -0.25) is 9.36 Å². The van der Waals surface area contributed by atoms with E-state index in [-0.39, 0.29) is 5.56 Å². The molecule has 0 saturated carbocycles. The van der Waals surface area contributed by atoms with Gasteiger partial charge in [0.05, 0.1) is 17.4 Å². The van der Waals surface area contributed by atoms with Gasteiger partial charge < -0.3 is 0 Å². The number of benzene rings is 1. The molecule has 3 aromatic rings. The van der Waals surface area contributed by atoms with Crippen molar-refractivity contribution in [2.45, 2.75) is 5.16 Å². The Morgan fingerprint density at radius 1 is 1.21 bits per heavy atom. The van der Waals surface area contributed by atoms with E-state index in [2.05, 4.69) is 13.7 Å². The number of thioether (sulfide) groups is 1. The molecule has 0 aliphatic rings. The van der Waals surface area contributed by atoms with Crippen LogP contribution in [-0.4, -0.2) is 24.6 Å². The number of hydrogen-bond donors (Lipinski definition) is 0. The molecule has 2 aromatic heterocycles. The maximum Gasteiger partial charge on any atom is 0.254 e. The van der Waals surface area contributed by atoms with Gasteiger partial charge in [0, 0.05) is 18.7 Å². The van der Waals surface area contributed by atoms with Crippen LogP contribution in [0.25, 0.3) is 22.3 Å². The van der Waals surface area contributed by atoms with Gasteiger partial charge in [-0.15, -0.1) is 0 Å². The van der Waals surface area contributed by atoms with Gasteiger partial charge in [0.15, 0.2) is 5.16 Å². The summed E-state index contributed by atoms with van der Waals surface area (Å²) in [5, 5.41) is 0.694. The second-order valence-electron chi connectivity index (χ2n) is 3.99. The summed E-state index contributed by atoms with van der Waals surface area (Å²) in [6, 6.07) is 7.26. The van der Waals surface area contributed by atoms with E-state index in [1.54, 1.807) is 13.1 Å². The Balaban J connectivity index is 2.20. The highest BCUT2D eigenvalue weighted by Crippen LogP contribution is 2.22. The fourth-order valence-electron chi connectivity index (χ4n) is 1.79. The SMILES string of the molecule is CSc1nc(-c2ccc3nsnc3c2)cc(=O)n1C. The van der Waals surface area contributed by atoms with E-state index in [1.807, 2.05) is 24.5 Å². The number of fused-ring (bicyclic) bond motifs is 1. The fraction of sp³-hybridized carbons (Fsp3) is 0.167. The minimum Gasteiger partial charge on any atom is -0.291 e. The Morgan fingerprint density at radius 2 is 2.00 bits per heavy atom. The summed E-state index contributed by atoms with van der Waals surface area (Å²) in [6.45, 7) is 0. The van der Waals surface area contributed by atoms with Crippen LogP contribution in [0.15, 0.2) is 34.2 Å². The Kier molecular flexibility index (Phi) is 3.08. The molecule has 1 aromatic carbocycles. The normalized spacial score (nSPS) is 11.1. The molecule has 7 heteroatoms. The standard InChI is InChI=1S/C12H10N4OS2/c1-16-11(17)6-9(13-12(16)18-2)7-3-4-8-10(5-7)15-19-14-8/h3-6H,1-2H3. The Labute approximate surface area is 117 Å². The van der Waals surface area contributed by atoms with Gasteiger partial charge in [0.2, 0.25) is 0 Å². The lowest BCUT2D eigenvalue weighted by Gasteiger charge is -2.07. The molecule has 5 nitrogen and oxygen atoms in total. The fourth-order valence-corrected chi connectivity index (χ4v) is 2.86. The van der Waals surface area contributed by atoms with Crippen LogP contribution in [0.2, 0.25) is 0 Å². The number of rotatable bonds is 2. The van der Waals surface area contributed by atoms with E-state index in [0.717, 1.165) is 16.6 Å². The van der Waals surface area contributed by atoms with Gasteiger partial charge >= 0.3 is 0 Å². The highest BCUT2D eigenvalue weighted by molar-refractivity contribution is 7.98. The van der Waals surface area contributed by atoms with Crippen LogP contribution in [0.1, 0.15) is 0 Å². The van der Waals surface area contributed by atoms with Crippen LogP contribution in [0, 0.1) is 0 Å². The molecule has 0 unspecified atom stereocenters. The van der Waals surface area contributed by atoms with Crippen molar-refractivity contribution in [2.24, 2.45) is 7.05 Å². The number of nitrogens with zero attached hydrogens (tertiary/aromatic N) is 4. The molecule has 2 heterocycles. The molecule has 19 heavy (non-hydrogen) atoms. The van der Waals surface area contributed by atoms with Crippen molar-refractivity contribution < 1.29 is 0 Å². The third kappa shape index (κ3) is 2.15. The highest BCUT2D eigenvalue weighted by atomic mass is 32.2. The maximum absolute atomic E-state index is 11.9. The average Bonchev–Trinajstić information content (AvgIpc) is 2.89. The van der Waals surface area contributed by atoms with Crippen LogP contribution < -0.4 is 5.56 Å². The van der Waals surface area contributed by atoms with Crippen molar-refractivity contribution in [3.8, 4) is 11.3 Å². The lowest BCUT2D eigenvalue weighted by Crippen LogP contribution is -2.19. The lowest BCUT2D eigenvalue weighted by molar-refractivity contribution is 0.712. The van der Waals surface area contributed by atoms with Gasteiger partial charge in [-0.05, 0) is 18.4 Å². The topological polar surface area (TPSA) is 60.7 Å². The quantitative estimate of drug-likeness (QED) is 0.535. The molecular formula is C12H10N4OS2. The van der Waals surface area contributed by atoms with Gasteiger partial charge in [-0.1, -0.05) is 17.8 Å². The van der Waals surface area contributed by atoms with Gasteiger partial charge in [0.1, 0.15) is 11.0 Å². The van der Waals surface area contributed by atoms with Crippen molar-refractivity contribution in [1.29, 1.82) is 0 Å². The largest absolute Gasteiger partial charge is 0.291 e. The summed E-state index contributed by atoms with van der Waals surface area (Å²) in [5.41, 5.74) is 3.18. The van der Waals surface area contributed by atoms with E-state index in [4.69, 9.17) is 0 Å². The second kappa shape index (κ2) is 4.75. The second-order valence-corrected chi connectivity index (χ2v) is 5.29. The first-order valence-electron chi connectivity index (χ1n) is 5.54. The Morgan fingerprint density at radius 3 is 2.79 bits per heavy atom. The molecule has 0 N–H and O–H groups in total. The summed E-state index contributed by atoms with van der Waals surface area (Å²) >= 11 is 2.63. The van der Waals surface area contributed by atoms with Gasteiger partial charge in [-0.25, -0.2) is 4.98 Å². The van der Waals surface area contributed by atoms with E-state index >= 15 is 0 Å². The van der Waals surface area contributed by atoms with Crippen molar-refractivity contribution in [3.05, 3.63) is 34.6 Å². The van der Waals surface area contributed by atoms with E-state index < -0.39 is 0 Å². The zero-order valence-electron chi connectivity index (χ0n) is 10.3. The first-order valence-corrected chi connectivity index (χ1v) is 7.49. The molecule has 0 bridgehead atoms. The predicted octanol–water partition coefficient (Wildman–Crippen LogP) is 2.17. The zero-order valence-corrected chi connectivity index (χ0v) is 12.0. The molecule has 0 fully saturated rings. The van der Waals surface area contributed by atoms with Gasteiger partial charge in [-0.2, -0.15) is 8.75 Å². The van der Waals surface area contributed by atoms with Crippen LogP contribution in [0.5, 0.6) is 0 Å². The van der Waals surface area contributed by atoms with Crippen LogP contribution >= 0.6 is 23.5 Å². The molecule has 0 saturated heterocycles. The van der Waals surface area contributed by atoms with E-state index in [0.29, 0.717) is 10.9 Å². The number of hydrogen-bond acceptors (Lipinski definition) is 6. The lowest BCUT2D eigenvalue weighted by atomic mass is 10.1. The minimum atomic E-state index is -0.0640. The summed E-state index contributed by atoms with van der Waals surface area (Å²) < 4.78 is 9.90. The van der Waals surface area contributed by atoms with Crippen LogP contribution in [0.3, 0.4) is 0 Å². The van der Waals surface area contributed by atoms with Crippen molar-refractivity contribution in [3.63, 3.8) is 0 Å². The first kappa shape index (κ1) is 12.3. The molecule has 0 aliphatic carbocycles. The molecule has 0 aliphatic heterocycles. The van der Waals surface area contributed by atoms with Crippen molar-refractivity contribution >= 4 is 34.5 Å². The molecular weight excluding hydrogens is 280 g/mol. The van der Waals surface area contributed by atoms with E-state index in [1.165, 1.54) is 28.1 Å². The van der Waals surface area contributed by atoms with E-state index in [9.17, 15) is 4.79 Å². The first-order chi connectivity index (χ1) is 9.19. The average molecular weight is 290 g/mol. The zero-order chi connectivity index (χ0) is 13.4. The summed E-state index contributed by atoms with van der Waals surface area (Å²) in [4.78, 5) is 16.4. The minimum absolute atomic E-state index is 0.0640. The van der Waals surface area contributed by atoms with Crippen LogP contribution in [0.4, 0.5) is 0 Å². The smallest absolute Gasteiger partial charge is 0.254 e. The predicted molar refractivity (Wildman–Crippen MR) is 77.7 cm³/mol. The number of aromatic nitrogens is 4. The Hall–Kier alpha value is -1.73. The maximum atomic E-state index is 11.9. The molecule has 96 valence electrons. The molecule has 0 atom stereocenters. The summed E-state index contributed by atoms with van der Waals surface area (Å²) in [7, 11) is 1.72. The third-order valence-corrected chi connectivity index (χ3v) is 4.11. The highest BCUT2D eigenvalue weighted by Gasteiger charge is 2.08. The third-order valence-electron chi connectivity index (χ3n) is 2.83. The molecule has 0 spiro atoms.